The fraction of sp³-hybridized carbons (Fsp3) is 0.778. The molecule has 0 saturated carbocycles. The Morgan fingerprint density at radius 3 is 3.08 bits per heavy atom. The molecule has 0 radical (unpaired) electrons. The Hall–Kier alpha value is -0.0300. The van der Waals surface area contributed by atoms with Gasteiger partial charge in [0.1, 0.15) is 0 Å². The van der Waals surface area contributed by atoms with Crippen LogP contribution in [0.5, 0.6) is 0 Å². The summed E-state index contributed by atoms with van der Waals surface area (Å²) in [6.07, 6.45) is 1.50. The zero-order valence-corrected chi connectivity index (χ0v) is 8.98. The molecule has 0 rings (SSSR count). The predicted octanol–water partition coefficient (Wildman–Crippen LogP) is 0.502. The molecule has 2 N–H and O–H groups in total. The van der Waals surface area contributed by atoms with Crippen molar-refractivity contribution in [1.82, 2.24) is 5.32 Å². The minimum atomic E-state index is -0.394. The molecule has 0 aliphatic rings. The van der Waals surface area contributed by atoms with Gasteiger partial charge in [-0.15, -0.1) is 6.58 Å². The smallest absolute Gasteiger partial charge is 0.0897 e. The normalized spacial score (nSPS) is 12.8. The number of aliphatic hydroxyl groups excluding tert-OH is 1. The van der Waals surface area contributed by atoms with Gasteiger partial charge in [0.05, 0.1) is 12.7 Å². The van der Waals surface area contributed by atoms with Crippen LogP contribution >= 0.6 is 11.8 Å². The Kier molecular flexibility index (Phi) is 10.0. The average molecular weight is 205 g/mol. The number of hydrogen-bond donors (Lipinski definition) is 2. The molecule has 13 heavy (non-hydrogen) atoms. The summed E-state index contributed by atoms with van der Waals surface area (Å²) in [5.41, 5.74) is 0. The Balaban J connectivity index is 3.01. The molecule has 0 aromatic carbocycles. The second-order valence-electron chi connectivity index (χ2n) is 2.68. The van der Waals surface area contributed by atoms with E-state index in [1.54, 1.807) is 7.11 Å². The lowest BCUT2D eigenvalue weighted by molar-refractivity contribution is 0.0650. The van der Waals surface area contributed by atoms with E-state index in [-0.39, 0.29) is 0 Å². The fourth-order valence-corrected chi connectivity index (χ4v) is 1.45. The van der Waals surface area contributed by atoms with Gasteiger partial charge in [-0.3, -0.25) is 0 Å². The minimum absolute atomic E-state index is 0.394. The maximum absolute atomic E-state index is 9.24. The van der Waals surface area contributed by atoms with Gasteiger partial charge < -0.3 is 15.2 Å². The van der Waals surface area contributed by atoms with E-state index in [9.17, 15) is 5.11 Å². The van der Waals surface area contributed by atoms with E-state index in [0.29, 0.717) is 13.2 Å². The summed E-state index contributed by atoms with van der Waals surface area (Å²) in [6.45, 7) is 5.54. The molecule has 0 aliphatic carbocycles. The molecule has 78 valence electrons. The van der Waals surface area contributed by atoms with E-state index in [0.717, 1.165) is 18.1 Å². The van der Waals surface area contributed by atoms with E-state index in [2.05, 4.69) is 11.9 Å². The topological polar surface area (TPSA) is 41.5 Å². The molecule has 0 aromatic rings. The summed E-state index contributed by atoms with van der Waals surface area (Å²) in [5.74, 6) is 2.04. The van der Waals surface area contributed by atoms with Crippen LogP contribution in [0, 0.1) is 0 Å². The SMILES string of the molecule is C=CCSCCNCC(O)COC. The number of thioether (sulfide) groups is 1. The van der Waals surface area contributed by atoms with Crippen molar-refractivity contribution in [3.63, 3.8) is 0 Å². The average Bonchev–Trinajstić information content (AvgIpc) is 2.11. The number of ether oxygens (including phenoxy) is 1. The van der Waals surface area contributed by atoms with Crippen molar-refractivity contribution < 1.29 is 9.84 Å². The molecule has 3 nitrogen and oxygen atoms in total. The highest BCUT2D eigenvalue weighted by molar-refractivity contribution is 7.99. The molecule has 0 saturated heterocycles. The van der Waals surface area contributed by atoms with Gasteiger partial charge in [-0.1, -0.05) is 6.08 Å². The lowest BCUT2D eigenvalue weighted by atomic mass is 10.4. The standard InChI is InChI=1S/C9H19NO2S/c1-3-5-13-6-4-10-7-9(11)8-12-2/h3,9-11H,1,4-8H2,2H3. The zero-order valence-electron chi connectivity index (χ0n) is 8.16. The maximum atomic E-state index is 9.24. The number of aliphatic hydroxyl groups is 1. The van der Waals surface area contributed by atoms with Crippen molar-refractivity contribution in [3.05, 3.63) is 12.7 Å². The second kappa shape index (κ2) is 10.1. The van der Waals surface area contributed by atoms with Gasteiger partial charge in [0.2, 0.25) is 0 Å². The first-order valence-corrected chi connectivity index (χ1v) is 5.53. The van der Waals surface area contributed by atoms with Crippen LogP contribution in [-0.2, 0) is 4.74 Å². The third-order valence-corrected chi connectivity index (χ3v) is 2.36. The highest BCUT2D eigenvalue weighted by atomic mass is 32.2. The number of methoxy groups -OCH3 is 1. The summed E-state index contributed by atoms with van der Waals surface area (Å²) in [5, 5.41) is 12.4. The fourth-order valence-electron chi connectivity index (χ4n) is 0.831. The van der Waals surface area contributed by atoms with Gasteiger partial charge in [0.15, 0.2) is 0 Å². The summed E-state index contributed by atoms with van der Waals surface area (Å²) in [6, 6.07) is 0. The molecule has 0 bridgehead atoms. The number of nitrogens with one attached hydrogen (secondary N) is 1. The molecule has 0 fully saturated rings. The first-order chi connectivity index (χ1) is 6.31. The van der Waals surface area contributed by atoms with Gasteiger partial charge in [-0.25, -0.2) is 0 Å². The van der Waals surface area contributed by atoms with E-state index in [4.69, 9.17) is 4.74 Å². The molecule has 0 heterocycles. The van der Waals surface area contributed by atoms with E-state index in [1.807, 2.05) is 17.8 Å². The Labute approximate surface area is 84.5 Å². The van der Waals surface area contributed by atoms with Crippen LogP contribution in [0.4, 0.5) is 0 Å². The van der Waals surface area contributed by atoms with Crippen LogP contribution in [0.1, 0.15) is 0 Å². The second-order valence-corrected chi connectivity index (χ2v) is 3.83. The molecule has 0 aliphatic heterocycles. The highest BCUT2D eigenvalue weighted by Gasteiger charge is 2.00. The third-order valence-electron chi connectivity index (χ3n) is 1.40. The largest absolute Gasteiger partial charge is 0.389 e. The quantitative estimate of drug-likeness (QED) is 0.425. The van der Waals surface area contributed by atoms with Crippen LogP contribution in [0.2, 0.25) is 0 Å². The molecule has 4 heteroatoms. The van der Waals surface area contributed by atoms with Gasteiger partial charge in [-0.2, -0.15) is 11.8 Å². The first-order valence-electron chi connectivity index (χ1n) is 4.37. The Bertz CT molecular complexity index is 122. The van der Waals surface area contributed by atoms with Crippen molar-refractivity contribution in [3.8, 4) is 0 Å². The van der Waals surface area contributed by atoms with Gasteiger partial charge in [0.25, 0.3) is 0 Å². The summed E-state index contributed by atoms with van der Waals surface area (Å²) < 4.78 is 4.79. The van der Waals surface area contributed by atoms with E-state index < -0.39 is 6.10 Å². The van der Waals surface area contributed by atoms with Crippen LogP contribution < -0.4 is 5.32 Å². The van der Waals surface area contributed by atoms with Crippen molar-refractivity contribution in [1.29, 1.82) is 0 Å². The summed E-state index contributed by atoms with van der Waals surface area (Å²) in [4.78, 5) is 0. The molecular formula is C9H19NO2S. The first kappa shape index (κ1) is 13.0. The molecule has 0 spiro atoms. The van der Waals surface area contributed by atoms with Crippen molar-refractivity contribution in [2.75, 3.05) is 38.3 Å². The lowest BCUT2D eigenvalue weighted by Crippen LogP contribution is -2.31. The number of rotatable bonds is 9. The van der Waals surface area contributed by atoms with Crippen LogP contribution in [0.3, 0.4) is 0 Å². The predicted molar refractivity (Wildman–Crippen MR) is 58.3 cm³/mol. The molecule has 1 atom stereocenters. The monoisotopic (exact) mass is 205 g/mol. The van der Waals surface area contributed by atoms with Gasteiger partial charge >= 0.3 is 0 Å². The van der Waals surface area contributed by atoms with Crippen molar-refractivity contribution in [2.45, 2.75) is 6.10 Å². The molecule has 0 amide bonds. The minimum Gasteiger partial charge on any atom is -0.389 e. The van der Waals surface area contributed by atoms with Gasteiger partial charge in [-0.05, 0) is 0 Å². The molecule has 1 unspecified atom stereocenters. The van der Waals surface area contributed by atoms with Gasteiger partial charge in [0, 0.05) is 31.7 Å². The maximum Gasteiger partial charge on any atom is 0.0897 e. The zero-order chi connectivity index (χ0) is 9.94. The van der Waals surface area contributed by atoms with Crippen molar-refractivity contribution >= 4 is 11.8 Å². The van der Waals surface area contributed by atoms with Crippen LogP contribution in [0.25, 0.3) is 0 Å². The van der Waals surface area contributed by atoms with Crippen molar-refractivity contribution in [2.24, 2.45) is 0 Å². The number of hydrogen-bond acceptors (Lipinski definition) is 4. The summed E-state index contributed by atoms with van der Waals surface area (Å²) in [7, 11) is 1.59. The summed E-state index contributed by atoms with van der Waals surface area (Å²) >= 11 is 1.82. The highest BCUT2D eigenvalue weighted by Crippen LogP contribution is 1.96. The third kappa shape index (κ3) is 9.89. The Morgan fingerprint density at radius 2 is 2.46 bits per heavy atom. The van der Waals surface area contributed by atoms with E-state index >= 15 is 0 Å². The molecular weight excluding hydrogens is 186 g/mol. The van der Waals surface area contributed by atoms with Crippen LogP contribution in [-0.4, -0.2) is 49.5 Å². The molecule has 0 aromatic heterocycles. The Morgan fingerprint density at radius 1 is 1.69 bits per heavy atom. The lowest BCUT2D eigenvalue weighted by Gasteiger charge is -2.09. The van der Waals surface area contributed by atoms with Crippen LogP contribution in [0.15, 0.2) is 12.7 Å². The van der Waals surface area contributed by atoms with E-state index in [1.165, 1.54) is 0 Å².